The smallest absolute Gasteiger partial charge is 0.0403 e. The van der Waals surface area contributed by atoms with Gasteiger partial charge in [0.1, 0.15) is 0 Å². The van der Waals surface area contributed by atoms with Gasteiger partial charge >= 0.3 is 0 Å². The van der Waals surface area contributed by atoms with E-state index in [-0.39, 0.29) is 0 Å². The number of nitrogens with zero attached hydrogens (tertiary/aromatic N) is 1. The quantitative estimate of drug-likeness (QED) is 0.672. The number of aryl methyl sites for hydroxylation is 1. The number of nitrogens with one attached hydrogen (secondary N) is 1. The van der Waals surface area contributed by atoms with Crippen molar-refractivity contribution in [3.05, 3.63) is 42.9 Å². The van der Waals surface area contributed by atoms with Crippen molar-refractivity contribution < 1.29 is 0 Å². The Labute approximate surface area is 79.7 Å². The van der Waals surface area contributed by atoms with Crippen LogP contribution in [0.15, 0.2) is 37.2 Å². The molecule has 70 valence electrons. The first kappa shape index (κ1) is 9.78. The van der Waals surface area contributed by atoms with Crippen molar-refractivity contribution in [2.24, 2.45) is 0 Å². The molecule has 0 aliphatic carbocycles. The third-order valence-electron chi connectivity index (χ3n) is 1.87. The topological polar surface area (TPSA) is 24.9 Å². The molecular formula is C11H16N2. The fourth-order valence-electron chi connectivity index (χ4n) is 1.18. The van der Waals surface area contributed by atoms with Gasteiger partial charge in [-0.2, -0.15) is 0 Å². The Morgan fingerprint density at radius 1 is 1.38 bits per heavy atom. The van der Waals surface area contributed by atoms with Gasteiger partial charge in [0.2, 0.25) is 0 Å². The Balaban J connectivity index is 2.10. The molecule has 0 amide bonds. The lowest BCUT2D eigenvalue weighted by atomic mass is 10.2. The molecule has 0 aliphatic rings. The molecule has 2 nitrogen and oxygen atoms in total. The minimum absolute atomic E-state index is 1.01. The SMILES string of the molecule is C=CNCCCCc1ccccn1. The van der Waals surface area contributed by atoms with E-state index in [0.717, 1.165) is 13.0 Å². The molecule has 2 heteroatoms. The molecule has 0 aliphatic heterocycles. The maximum absolute atomic E-state index is 4.26. The van der Waals surface area contributed by atoms with E-state index >= 15 is 0 Å². The Morgan fingerprint density at radius 3 is 3.00 bits per heavy atom. The Bertz CT molecular complexity index is 231. The summed E-state index contributed by atoms with van der Waals surface area (Å²) in [5, 5.41) is 3.08. The zero-order valence-electron chi connectivity index (χ0n) is 7.87. The van der Waals surface area contributed by atoms with E-state index in [2.05, 4.69) is 22.9 Å². The van der Waals surface area contributed by atoms with Crippen LogP contribution in [0.4, 0.5) is 0 Å². The molecule has 0 atom stereocenters. The van der Waals surface area contributed by atoms with Gasteiger partial charge in [0.25, 0.3) is 0 Å². The van der Waals surface area contributed by atoms with Crippen LogP contribution in [0, 0.1) is 0 Å². The van der Waals surface area contributed by atoms with Crippen LogP contribution in [0.2, 0.25) is 0 Å². The Hall–Kier alpha value is -1.31. The summed E-state index contributed by atoms with van der Waals surface area (Å²) >= 11 is 0. The van der Waals surface area contributed by atoms with Gasteiger partial charge < -0.3 is 5.32 Å². The first-order valence-corrected chi connectivity index (χ1v) is 4.67. The average Bonchev–Trinajstić information content (AvgIpc) is 2.19. The second-order valence-corrected chi connectivity index (χ2v) is 2.94. The monoisotopic (exact) mass is 176 g/mol. The van der Waals surface area contributed by atoms with E-state index in [9.17, 15) is 0 Å². The van der Waals surface area contributed by atoms with Crippen LogP contribution >= 0.6 is 0 Å². The minimum Gasteiger partial charge on any atom is -0.391 e. The van der Waals surface area contributed by atoms with Crippen molar-refractivity contribution in [1.82, 2.24) is 10.3 Å². The van der Waals surface area contributed by atoms with Gasteiger partial charge in [-0.25, -0.2) is 0 Å². The summed E-state index contributed by atoms with van der Waals surface area (Å²) in [6, 6.07) is 6.05. The number of hydrogen-bond donors (Lipinski definition) is 1. The van der Waals surface area contributed by atoms with Crippen molar-refractivity contribution in [3.8, 4) is 0 Å². The molecule has 0 fully saturated rings. The fraction of sp³-hybridized carbons (Fsp3) is 0.364. The summed E-state index contributed by atoms with van der Waals surface area (Å²) < 4.78 is 0. The maximum Gasteiger partial charge on any atom is 0.0403 e. The first-order valence-electron chi connectivity index (χ1n) is 4.67. The predicted octanol–water partition coefficient (Wildman–Crippen LogP) is 2.14. The lowest BCUT2D eigenvalue weighted by Crippen LogP contribution is -2.06. The minimum atomic E-state index is 1.01. The van der Waals surface area contributed by atoms with E-state index in [1.807, 2.05) is 18.3 Å². The second kappa shape index (κ2) is 6.23. The van der Waals surface area contributed by atoms with Crippen LogP contribution in [0.25, 0.3) is 0 Å². The average molecular weight is 176 g/mol. The number of aromatic nitrogens is 1. The van der Waals surface area contributed by atoms with Crippen molar-refractivity contribution in [2.75, 3.05) is 6.54 Å². The molecule has 0 saturated carbocycles. The van der Waals surface area contributed by atoms with Crippen molar-refractivity contribution in [1.29, 1.82) is 0 Å². The van der Waals surface area contributed by atoms with Crippen LogP contribution < -0.4 is 5.32 Å². The molecule has 0 unspecified atom stereocenters. The summed E-state index contributed by atoms with van der Waals surface area (Å²) in [4.78, 5) is 4.26. The van der Waals surface area contributed by atoms with E-state index in [1.165, 1.54) is 18.5 Å². The maximum atomic E-state index is 4.26. The molecule has 1 N–H and O–H groups in total. The Kier molecular flexibility index (Phi) is 4.69. The predicted molar refractivity (Wildman–Crippen MR) is 55.4 cm³/mol. The van der Waals surface area contributed by atoms with Crippen molar-refractivity contribution in [3.63, 3.8) is 0 Å². The zero-order chi connectivity index (χ0) is 9.36. The molecule has 1 heterocycles. The normalized spacial score (nSPS) is 9.54. The number of unbranched alkanes of at least 4 members (excludes halogenated alkanes) is 1. The molecule has 0 aromatic carbocycles. The number of hydrogen-bond acceptors (Lipinski definition) is 2. The van der Waals surface area contributed by atoms with E-state index < -0.39 is 0 Å². The third-order valence-corrected chi connectivity index (χ3v) is 1.87. The molecule has 1 rings (SSSR count). The van der Waals surface area contributed by atoms with Crippen LogP contribution in [0.3, 0.4) is 0 Å². The highest BCUT2D eigenvalue weighted by Crippen LogP contribution is 1.99. The molecule has 0 spiro atoms. The molecule has 0 saturated heterocycles. The van der Waals surface area contributed by atoms with E-state index in [1.54, 1.807) is 6.20 Å². The largest absolute Gasteiger partial charge is 0.391 e. The highest BCUT2D eigenvalue weighted by Gasteiger charge is 1.91. The third kappa shape index (κ3) is 4.31. The molecule has 1 aromatic rings. The first-order chi connectivity index (χ1) is 6.43. The molecular weight excluding hydrogens is 160 g/mol. The Morgan fingerprint density at radius 2 is 2.31 bits per heavy atom. The molecule has 0 bridgehead atoms. The summed E-state index contributed by atoms with van der Waals surface area (Å²) in [5.74, 6) is 0. The summed E-state index contributed by atoms with van der Waals surface area (Å²) in [6.45, 7) is 4.60. The van der Waals surface area contributed by atoms with E-state index in [0.29, 0.717) is 0 Å². The van der Waals surface area contributed by atoms with Gasteiger partial charge in [-0.05, 0) is 37.6 Å². The van der Waals surface area contributed by atoms with Crippen LogP contribution in [0.1, 0.15) is 18.5 Å². The van der Waals surface area contributed by atoms with Crippen LogP contribution in [-0.2, 0) is 6.42 Å². The molecule has 13 heavy (non-hydrogen) atoms. The number of pyridine rings is 1. The van der Waals surface area contributed by atoms with Gasteiger partial charge in [-0.3, -0.25) is 4.98 Å². The fourth-order valence-corrected chi connectivity index (χ4v) is 1.18. The van der Waals surface area contributed by atoms with Gasteiger partial charge in [0, 0.05) is 18.4 Å². The van der Waals surface area contributed by atoms with Crippen molar-refractivity contribution in [2.45, 2.75) is 19.3 Å². The summed E-state index contributed by atoms with van der Waals surface area (Å²) in [7, 11) is 0. The summed E-state index contributed by atoms with van der Waals surface area (Å²) in [5.41, 5.74) is 1.18. The van der Waals surface area contributed by atoms with Gasteiger partial charge in [0.05, 0.1) is 0 Å². The lowest BCUT2D eigenvalue weighted by Gasteiger charge is -2.00. The standard InChI is InChI=1S/C11H16N2/c1-2-12-9-5-3-7-11-8-4-6-10-13-11/h2,4,6,8,10,12H,1,3,5,7,9H2. The highest BCUT2D eigenvalue weighted by atomic mass is 14.8. The molecule has 0 radical (unpaired) electrons. The van der Waals surface area contributed by atoms with Gasteiger partial charge in [-0.1, -0.05) is 12.6 Å². The van der Waals surface area contributed by atoms with Crippen LogP contribution in [0.5, 0.6) is 0 Å². The lowest BCUT2D eigenvalue weighted by molar-refractivity contribution is 0.688. The zero-order valence-corrected chi connectivity index (χ0v) is 7.87. The molecule has 1 aromatic heterocycles. The summed E-state index contributed by atoms with van der Waals surface area (Å²) in [6.07, 6.45) is 7.00. The van der Waals surface area contributed by atoms with Gasteiger partial charge in [0.15, 0.2) is 0 Å². The number of rotatable bonds is 6. The highest BCUT2D eigenvalue weighted by molar-refractivity contribution is 5.03. The van der Waals surface area contributed by atoms with Gasteiger partial charge in [-0.15, -0.1) is 0 Å². The second-order valence-electron chi connectivity index (χ2n) is 2.94. The van der Waals surface area contributed by atoms with Crippen molar-refractivity contribution >= 4 is 0 Å². The van der Waals surface area contributed by atoms with Crippen LogP contribution in [-0.4, -0.2) is 11.5 Å². The van der Waals surface area contributed by atoms with E-state index in [4.69, 9.17) is 0 Å².